The second-order valence-electron chi connectivity index (χ2n) is 4.33. The Labute approximate surface area is 87.6 Å². The van der Waals surface area contributed by atoms with Crippen LogP contribution >= 0.6 is 0 Å². The Morgan fingerprint density at radius 3 is 2.43 bits per heavy atom. The van der Waals surface area contributed by atoms with Crippen LogP contribution in [0.3, 0.4) is 0 Å². The van der Waals surface area contributed by atoms with E-state index in [0.717, 1.165) is 12.8 Å². The Balaban J connectivity index is 2.78. The molecule has 0 saturated carbocycles. The standard InChI is InChI=1S/C13H22O/c1-4-6-11-8-9-12(10(3)14)13(11)7-5-2/h12H,4-9H2,1-3H3. The molecular formula is C13H22O. The third-order valence-corrected chi connectivity index (χ3v) is 3.17. The van der Waals surface area contributed by atoms with E-state index in [9.17, 15) is 4.79 Å². The van der Waals surface area contributed by atoms with Crippen molar-refractivity contribution in [3.05, 3.63) is 11.1 Å². The number of carbonyl (C=O) groups excluding carboxylic acids is 1. The second-order valence-corrected chi connectivity index (χ2v) is 4.33. The molecule has 0 spiro atoms. The SMILES string of the molecule is CCCC1=C(CCC)C(C(C)=O)CC1. The molecule has 0 aromatic rings. The van der Waals surface area contributed by atoms with E-state index in [-0.39, 0.29) is 5.92 Å². The Morgan fingerprint density at radius 2 is 1.93 bits per heavy atom. The number of allylic oxidation sites excluding steroid dienone is 2. The molecule has 0 aromatic heterocycles. The summed E-state index contributed by atoms with van der Waals surface area (Å²) in [6.45, 7) is 6.17. The van der Waals surface area contributed by atoms with Crippen LogP contribution in [0.5, 0.6) is 0 Å². The summed E-state index contributed by atoms with van der Waals surface area (Å²) in [5.74, 6) is 0.649. The first-order chi connectivity index (χ1) is 6.70. The van der Waals surface area contributed by atoms with Crippen molar-refractivity contribution in [1.29, 1.82) is 0 Å². The highest BCUT2D eigenvalue weighted by molar-refractivity contribution is 5.82. The first kappa shape index (κ1) is 11.5. The monoisotopic (exact) mass is 194 g/mol. The maximum absolute atomic E-state index is 11.4. The van der Waals surface area contributed by atoms with E-state index >= 15 is 0 Å². The Bertz CT molecular complexity index is 238. The highest BCUT2D eigenvalue weighted by Gasteiger charge is 2.27. The molecule has 0 heterocycles. The van der Waals surface area contributed by atoms with Gasteiger partial charge in [-0.1, -0.05) is 37.8 Å². The maximum atomic E-state index is 11.4. The van der Waals surface area contributed by atoms with Crippen LogP contribution in [0.15, 0.2) is 11.1 Å². The first-order valence-corrected chi connectivity index (χ1v) is 5.91. The lowest BCUT2D eigenvalue weighted by Gasteiger charge is -2.11. The summed E-state index contributed by atoms with van der Waals surface area (Å²) in [6.07, 6.45) is 6.99. The van der Waals surface area contributed by atoms with Crippen LogP contribution in [-0.2, 0) is 4.79 Å². The van der Waals surface area contributed by atoms with Crippen molar-refractivity contribution in [2.24, 2.45) is 5.92 Å². The summed E-state index contributed by atoms with van der Waals surface area (Å²) in [5, 5.41) is 0. The molecule has 0 radical (unpaired) electrons. The van der Waals surface area contributed by atoms with Gasteiger partial charge in [0.2, 0.25) is 0 Å². The zero-order chi connectivity index (χ0) is 10.6. The molecular weight excluding hydrogens is 172 g/mol. The number of carbonyl (C=O) groups is 1. The fraction of sp³-hybridized carbons (Fsp3) is 0.769. The predicted molar refractivity (Wildman–Crippen MR) is 60.2 cm³/mol. The van der Waals surface area contributed by atoms with Crippen LogP contribution in [-0.4, -0.2) is 5.78 Å². The van der Waals surface area contributed by atoms with Crippen LogP contribution < -0.4 is 0 Å². The quantitative estimate of drug-likeness (QED) is 0.607. The summed E-state index contributed by atoms with van der Waals surface area (Å²) in [4.78, 5) is 11.4. The smallest absolute Gasteiger partial charge is 0.136 e. The molecule has 0 saturated heterocycles. The molecule has 0 bridgehead atoms. The number of Topliss-reactive ketones (excluding diaryl/α,β-unsaturated/α-hetero) is 1. The Kier molecular flexibility index (Phi) is 4.37. The van der Waals surface area contributed by atoms with E-state index in [0.29, 0.717) is 5.78 Å². The summed E-state index contributed by atoms with van der Waals surface area (Å²) in [5.41, 5.74) is 3.08. The zero-order valence-corrected chi connectivity index (χ0v) is 9.73. The molecule has 1 aliphatic rings. The van der Waals surface area contributed by atoms with Gasteiger partial charge in [-0.25, -0.2) is 0 Å². The molecule has 0 aliphatic heterocycles. The van der Waals surface area contributed by atoms with Gasteiger partial charge in [0.15, 0.2) is 0 Å². The largest absolute Gasteiger partial charge is 0.299 e. The average molecular weight is 194 g/mol. The predicted octanol–water partition coefficient (Wildman–Crippen LogP) is 3.88. The molecule has 1 aliphatic carbocycles. The highest BCUT2D eigenvalue weighted by Crippen LogP contribution is 2.37. The molecule has 1 heteroatoms. The number of rotatable bonds is 5. The molecule has 1 nitrogen and oxygen atoms in total. The minimum atomic E-state index is 0.275. The van der Waals surface area contributed by atoms with Gasteiger partial charge in [0.25, 0.3) is 0 Å². The van der Waals surface area contributed by atoms with Crippen LogP contribution in [0.2, 0.25) is 0 Å². The minimum Gasteiger partial charge on any atom is -0.299 e. The van der Waals surface area contributed by atoms with E-state index in [1.165, 1.54) is 31.3 Å². The van der Waals surface area contributed by atoms with Gasteiger partial charge in [0, 0.05) is 5.92 Å². The van der Waals surface area contributed by atoms with Crippen molar-refractivity contribution in [1.82, 2.24) is 0 Å². The van der Waals surface area contributed by atoms with E-state index in [1.807, 2.05) is 0 Å². The Hall–Kier alpha value is -0.590. The molecule has 0 fully saturated rings. The van der Waals surface area contributed by atoms with E-state index in [2.05, 4.69) is 13.8 Å². The van der Waals surface area contributed by atoms with Gasteiger partial charge in [-0.3, -0.25) is 4.79 Å². The van der Waals surface area contributed by atoms with Crippen LogP contribution in [0.1, 0.15) is 59.3 Å². The van der Waals surface area contributed by atoms with Crippen LogP contribution in [0.4, 0.5) is 0 Å². The van der Waals surface area contributed by atoms with Crippen molar-refractivity contribution in [3.8, 4) is 0 Å². The summed E-state index contributed by atoms with van der Waals surface area (Å²) >= 11 is 0. The average Bonchev–Trinajstić information content (AvgIpc) is 2.50. The van der Waals surface area contributed by atoms with E-state index in [4.69, 9.17) is 0 Å². The molecule has 80 valence electrons. The van der Waals surface area contributed by atoms with Crippen molar-refractivity contribution >= 4 is 5.78 Å². The minimum absolute atomic E-state index is 0.275. The topological polar surface area (TPSA) is 17.1 Å². The number of hydrogen-bond acceptors (Lipinski definition) is 1. The summed E-state index contributed by atoms with van der Waals surface area (Å²) < 4.78 is 0. The van der Waals surface area contributed by atoms with Gasteiger partial charge in [-0.05, 0) is 32.6 Å². The zero-order valence-electron chi connectivity index (χ0n) is 9.73. The molecule has 0 amide bonds. The van der Waals surface area contributed by atoms with Gasteiger partial charge >= 0.3 is 0 Å². The lowest BCUT2D eigenvalue weighted by molar-refractivity contribution is -0.119. The second kappa shape index (κ2) is 5.33. The van der Waals surface area contributed by atoms with E-state index < -0.39 is 0 Å². The fourth-order valence-corrected chi connectivity index (χ4v) is 2.56. The highest BCUT2D eigenvalue weighted by atomic mass is 16.1. The van der Waals surface area contributed by atoms with Gasteiger partial charge in [-0.15, -0.1) is 0 Å². The number of ketones is 1. The third-order valence-electron chi connectivity index (χ3n) is 3.17. The fourth-order valence-electron chi connectivity index (χ4n) is 2.56. The van der Waals surface area contributed by atoms with E-state index in [1.54, 1.807) is 12.5 Å². The van der Waals surface area contributed by atoms with Gasteiger partial charge in [-0.2, -0.15) is 0 Å². The molecule has 1 atom stereocenters. The molecule has 1 unspecified atom stereocenters. The maximum Gasteiger partial charge on any atom is 0.136 e. The lowest BCUT2D eigenvalue weighted by Crippen LogP contribution is -2.10. The first-order valence-electron chi connectivity index (χ1n) is 5.91. The Morgan fingerprint density at radius 1 is 1.29 bits per heavy atom. The van der Waals surface area contributed by atoms with Crippen LogP contribution in [0, 0.1) is 5.92 Å². The van der Waals surface area contributed by atoms with Gasteiger partial charge in [0.1, 0.15) is 5.78 Å². The lowest BCUT2D eigenvalue weighted by atomic mass is 9.92. The molecule has 0 N–H and O–H groups in total. The normalized spacial score (nSPS) is 21.8. The van der Waals surface area contributed by atoms with Crippen LogP contribution in [0.25, 0.3) is 0 Å². The summed E-state index contributed by atoms with van der Waals surface area (Å²) in [7, 11) is 0. The summed E-state index contributed by atoms with van der Waals surface area (Å²) in [6, 6.07) is 0. The van der Waals surface area contributed by atoms with Crippen molar-refractivity contribution in [2.75, 3.05) is 0 Å². The molecule has 0 aromatic carbocycles. The van der Waals surface area contributed by atoms with Crippen molar-refractivity contribution in [3.63, 3.8) is 0 Å². The van der Waals surface area contributed by atoms with Crippen molar-refractivity contribution < 1.29 is 4.79 Å². The molecule has 14 heavy (non-hydrogen) atoms. The van der Waals surface area contributed by atoms with Gasteiger partial charge in [0.05, 0.1) is 0 Å². The van der Waals surface area contributed by atoms with Gasteiger partial charge < -0.3 is 0 Å². The third kappa shape index (κ3) is 2.46. The molecule has 1 rings (SSSR count). The van der Waals surface area contributed by atoms with Crippen molar-refractivity contribution in [2.45, 2.75) is 59.3 Å². The number of hydrogen-bond donors (Lipinski definition) is 0.